The van der Waals surface area contributed by atoms with Crippen molar-refractivity contribution in [3.8, 4) is 0 Å². The van der Waals surface area contributed by atoms with Gasteiger partial charge < -0.3 is 10.5 Å². The van der Waals surface area contributed by atoms with Gasteiger partial charge in [0.25, 0.3) is 0 Å². The molecule has 0 aliphatic carbocycles. The Balaban J connectivity index is 1.53. The highest BCUT2D eigenvalue weighted by Gasteiger charge is 2.32. The van der Waals surface area contributed by atoms with Crippen molar-refractivity contribution in [2.24, 2.45) is 10.7 Å². The number of fused-ring (bicyclic) bond motifs is 2. The summed E-state index contributed by atoms with van der Waals surface area (Å²) in [5, 5.41) is 5.82. The first-order valence-corrected chi connectivity index (χ1v) is 10.9. The lowest BCUT2D eigenvalue weighted by atomic mass is 10.0. The Hall–Kier alpha value is -2.10. The van der Waals surface area contributed by atoms with E-state index in [1.54, 1.807) is 11.8 Å². The Kier molecular flexibility index (Phi) is 5.54. The van der Waals surface area contributed by atoms with E-state index < -0.39 is 0 Å². The molecule has 0 radical (unpaired) electrons. The number of methoxy groups -OCH3 is 1. The normalized spacial score (nSPS) is 22.9. The minimum absolute atomic E-state index is 0.0852. The van der Waals surface area contributed by atoms with Crippen LogP contribution in [0.15, 0.2) is 11.1 Å². The third kappa shape index (κ3) is 3.74. The monoisotopic (exact) mass is 415 g/mol. The molecule has 2 aliphatic heterocycles. The van der Waals surface area contributed by atoms with Gasteiger partial charge in [-0.25, -0.2) is 15.0 Å². The number of hydrogen-bond acceptors (Lipinski definition) is 8. The maximum Gasteiger partial charge on any atom is 0.219 e. The molecule has 0 fully saturated rings. The first-order chi connectivity index (χ1) is 13.9. The summed E-state index contributed by atoms with van der Waals surface area (Å²) in [4.78, 5) is 18.0. The van der Waals surface area contributed by atoms with Gasteiger partial charge in [-0.3, -0.25) is 4.90 Å². The molecule has 0 aromatic carbocycles. The van der Waals surface area contributed by atoms with Crippen LogP contribution in [0.5, 0.6) is 0 Å². The molecule has 3 unspecified atom stereocenters. The van der Waals surface area contributed by atoms with Crippen LogP contribution in [0, 0.1) is 6.92 Å². The van der Waals surface area contributed by atoms with Crippen molar-refractivity contribution in [2.75, 3.05) is 13.7 Å². The molecule has 0 amide bonds. The summed E-state index contributed by atoms with van der Waals surface area (Å²) in [6.45, 7) is 10.3. The van der Waals surface area contributed by atoms with Crippen molar-refractivity contribution in [3.63, 3.8) is 0 Å². The zero-order valence-corrected chi connectivity index (χ0v) is 18.5. The van der Waals surface area contributed by atoms with Crippen molar-refractivity contribution < 1.29 is 4.74 Å². The second kappa shape index (κ2) is 7.97. The van der Waals surface area contributed by atoms with E-state index in [1.165, 1.54) is 10.6 Å². The average Bonchev–Trinajstić information content (AvgIpc) is 3.29. The third-order valence-electron chi connectivity index (χ3n) is 5.81. The molecule has 9 heteroatoms. The Morgan fingerprint density at radius 3 is 2.86 bits per heavy atom. The van der Waals surface area contributed by atoms with Crippen molar-refractivity contribution in [1.82, 2.24) is 24.6 Å². The number of aryl methyl sites for hydroxylation is 1. The van der Waals surface area contributed by atoms with Gasteiger partial charge in [-0.1, -0.05) is 6.08 Å². The number of nitrogens with zero attached hydrogens (tertiary/aromatic N) is 6. The van der Waals surface area contributed by atoms with Gasteiger partial charge in [0.05, 0.1) is 16.8 Å². The molecule has 2 aromatic rings. The van der Waals surface area contributed by atoms with E-state index in [4.69, 9.17) is 15.5 Å². The summed E-state index contributed by atoms with van der Waals surface area (Å²) >= 11 is 1.81. The molecular formula is C20H29N7OS. The highest BCUT2D eigenvalue weighted by molar-refractivity contribution is 7.11. The number of allylic oxidation sites excluding steroid dienone is 1. The molecule has 2 N–H and O–H groups in total. The maximum absolute atomic E-state index is 6.20. The Labute approximate surface area is 175 Å². The zero-order valence-electron chi connectivity index (χ0n) is 17.7. The minimum Gasteiger partial charge on any atom is -0.379 e. The van der Waals surface area contributed by atoms with Gasteiger partial charge in [0.15, 0.2) is 11.6 Å². The van der Waals surface area contributed by atoms with E-state index in [-0.39, 0.29) is 12.1 Å². The molecule has 3 atom stereocenters. The smallest absolute Gasteiger partial charge is 0.219 e. The van der Waals surface area contributed by atoms with Gasteiger partial charge in [-0.15, -0.1) is 16.4 Å². The second-order valence-electron chi connectivity index (χ2n) is 7.76. The quantitative estimate of drug-likeness (QED) is 0.803. The fourth-order valence-electron chi connectivity index (χ4n) is 4.09. The summed E-state index contributed by atoms with van der Waals surface area (Å²) in [6.07, 6.45) is 3.72. The number of aromatic nitrogens is 4. The highest BCUT2D eigenvalue weighted by Crippen LogP contribution is 2.28. The minimum atomic E-state index is -0.165. The number of ether oxygens (including phenoxy) is 1. The molecule has 4 rings (SSSR count). The second-order valence-corrected chi connectivity index (χ2v) is 9.04. The molecular weight excluding hydrogens is 386 g/mol. The summed E-state index contributed by atoms with van der Waals surface area (Å²) in [7, 11) is 1.69. The summed E-state index contributed by atoms with van der Waals surface area (Å²) in [5.41, 5.74) is 8.47. The van der Waals surface area contributed by atoms with E-state index in [0.29, 0.717) is 12.0 Å². The Morgan fingerprint density at radius 1 is 1.34 bits per heavy atom. The summed E-state index contributed by atoms with van der Waals surface area (Å²) in [5.74, 6) is 1.94. The van der Waals surface area contributed by atoms with Gasteiger partial charge >= 0.3 is 0 Å². The van der Waals surface area contributed by atoms with Crippen LogP contribution in [0.2, 0.25) is 0 Å². The van der Waals surface area contributed by atoms with Gasteiger partial charge in [0, 0.05) is 49.5 Å². The van der Waals surface area contributed by atoms with Gasteiger partial charge in [-0.05, 0) is 27.7 Å². The van der Waals surface area contributed by atoms with Crippen LogP contribution in [0.4, 0.5) is 0 Å². The standard InChI is InChI=1S/C20H29N7OS/c1-6-14-18(12(3)28-5)24-20(21)27-19(14)23-17(25-27)9-11(2)26-8-7-15-16(10-26)29-13(4)22-15/h6,11-12,18H,7-10H2,1-5H3,(H2,21,24). The van der Waals surface area contributed by atoms with Crippen LogP contribution in [0.25, 0.3) is 5.57 Å². The van der Waals surface area contributed by atoms with Crippen LogP contribution in [0.1, 0.15) is 48.0 Å². The molecule has 156 valence electrons. The molecule has 0 bridgehead atoms. The van der Waals surface area contributed by atoms with Crippen LogP contribution in [-0.2, 0) is 24.1 Å². The third-order valence-corrected chi connectivity index (χ3v) is 6.81. The average molecular weight is 416 g/mol. The lowest BCUT2D eigenvalue weighted by Gasteiger charge is -2.31. The van der Waals surface area contributed by atoms with E-state index >= 15 is 0 Å². The Bertz CT molecular complexity index is 960. The molecule has 0 saturated carbocycles. The van der Waals surface area contributed by atoms with Gasteiger partial charge in [0.1, 0.15) is 6.04 Å². The molecule has 8 nitrogen and oxygen atoms in total. The molecule has 4 heterocycles. The van der Waals surface area contributed by atoms with E-state index in [0.717, 1.165) is 48.2 Å². The van der Waals surface area contributed by atoms with Crippen LogP contribution in [-0.4, -0.2) is 62.5 Å². The summed E-state index contributed by atoms with van der Waals surface area (Å²) < 4.78 is 7.16. The fourth-order valence-corrected chi connectivity index (χ4v) is 5.10. The molecule has 2 aliphatic rings. The van der Waals surface area contributed by atoms with Crippen molar-refractivity contribution in [2.45, 2.75) is 65.3 Å². The SMILES string of the molecule is CC=C1c2nc(CC(C)N3CCc4nc(C)sc4C3)nn2C(N)=NC1C(C)OC. The van der Waals surface area contributed by atoms with Gasteiger partial charge in [0.2, 0.25) is 5.96 Å². The van der Waals surface area contributed by atoms with Gasteiger partial charge in [-0.2, -0.15) is 4.68 Å². The summed E-state index contributed by atoms with van der Waals surface area (Å²) in [6, 6.07) is 0.165. The Morgan fingerprint density at radius 2 is 2.14 bits per heavy atom. The molecule has 0 saturated heterocycles. The van der Waals surface area contributed by atoms with Crippen molar-refractivity contribution in [1.29, 1.82) is 0 Å². The van der Waals surface area contributed by atoms with E-state index in [9.17, 15) is 0 Å². The number of thiazole rings is 1. The van der Waals surface area contributed by atoms with Crippen LogP contribution < -0.4 is 5.73 Å². The predicted octanol–water partition coefficient (Wildman–Crippen LogP) is 2.02. The van der Waals surface area contributed by atoms with E-state index in [1.807, 2.05) is 31.3 Å². The topological polar surface area (TPSA) is 94.5 Å². The van der Waals surface area contributed by atoms with Crippen LogP contribution >= 0.6 is 11.3 Å². The van der Waals surface area contributed by atoms with Crippen LogP contribution in [0.3, 0.4) is 0 Å². The number of aliphatic imine (C=N–C) groups is 1. The largest absolute Gasteiger partial charge is 0.379 e. The van der Waals surface area contributed by atoms with Crippen molar-refractivity contribution >= 4 is 22.9 Å². The molecule has 29 heavy (non-hydrogen) atoms. The maximum atomic E-state index is 6.20. The highest BCUT2D eigenvalue weighted by atomic mass is 32.1. The zero-order chi connectivity index (χ0) is 20.7. The molecule has 2 aromatic heterocycles. The molecule has 0 spiro atoms. The number of rotatable bonds is 5. The fraction of sp³-hybridized carbons (Fsp3) is 0.600. The first kappa shape index (κ1) is 20.2. The lowest BCUT2D eigenvalue weighted by Crippen LogP contribution is -2.38. The lowest BCUT2D eigenvalue weighted by molar-refractivity contribution is 0.110. The predicted molar refractivity (Wildman–Crippen MR) is 115 cm³/mol. The first-order valence-electron chi connectivity index (χ1n) is 10.1. The number of hydrogen-bond donors (Lipinski definition) is 1. The van der Waals surface area contributed by atoms with Crippen molar-refractivity contribution in [3.05, 3.63) is 33.3 Å². The van der Waals surface area contributed by atoms with E-state index in [2.05, 4.69) is 33.8 Å². The number of nitrogens with two attached hydrogens (primary N) is 1.